The standard InChI is InChI=1S/C9H6FNO3/c1-14-11-8(12)6-3-2-5(10)4-7(6)9(11)13/h2-4H,1H3. The molecule has 0 bridgehead atoms. The number of amides is 2. The molecule has 1 aliphatic rings. The Morgan fingerprint density at radius 3 is 2.50 bits per heavy atom. The molecule has 14 heavy (non-hydrogen) atoms. The third-order valence-electron chi connectivity index (χ3n) is 1.99. The first-order valence-corrected chi connectivity index (χ1v) is 3.87. The number of halogens is 1. The summed E-state index contributed by atoms with van der Waals surface area (Å²) in [6.45, 7) is 0. The van der Waals surface area contributed by atoms with Crippen LogP contribution in [0.15, 0.2) is 18.2 Å². The second kappa shape index (κ2) is 2.88. The lowest BCUT2D eigenvalue weighted by atomic mass is 10.1. The normalized spacial score (nSPS) is 14.9. The Morgan fingerprint density at radius 2 is 1.86 bits per heavy atom. The number of rotatable bonds is 1. The molecular formula is C9H6FNO3. The highest BCUT2D eigenvalue weighted by Crippen LogP contribution is 2.23. The molecule has 0 saturated heterocycles. The molecule has 0 fully saturated rings. The van der Waals surface area contributed by atoms with Gasteiger partial charge in [0.1, 0.15) is 5.82 Å². The van der Waals surface area contributed by atoms with Crippen LogP contribution in [0.5, 0.6) is 0 Å². The second-order valence-corrected chi connectivity index (χ2v) is 2.78. The second-order valence-electron chi connectivity index (χ2n) is 2.78. The fourth-order valence-corrected chi connectivity index (χ4v) is 1.36. The van der Waals surface area contributed by atoms with Crippen molar-refractivity contribution in [1.82, 2.24) is 5.06 Å². The number of nitrogens with zero attached hydrogens (tertiary/aromatic N) is 1. The first kappa shape index (κ1) is 8.83. The summed E-state index contributed by atoms with van der Waals surface area (Å²) in [5.74, 6) is -1.75. The maximum atomic E-state index is 12.8. The van der Waals surface area contributed by atoms with Gasteiger partial charge in [-0.3, -0.25) is 14.4 Å². The monoisotopic (exact) mass is 195 g/mol. The van der Waals surface area contributed by atoms with Crippen molar-refractivity contribution >= 4 is 11.8 Å². The van der Waals surface area contributed by atoms with Crippen LogP contribution < -0.4 is 0 Å². The van der Waals surface area contributed by atoms with Gasteiger partial charge in [-0.15, -0.1) is 5.06 Å². The van der Waals surface area contributed by atoms with Crippen LogP contribution in [0.3, 0.4) is 0 Å². The molecule has 1 aliphatic heterocycles. The van der Waals surface area contributed by atoms with E-state index in [2.05, 4.69) is 4.84 Å². The van der Waals surface area contributed by atoms with Crippen molar-refractivity contribution in [3.8, 4) is 0 Å². The van der Waals surface area contributed by atoms with Crippen LogP contribution in [-0.2, 0) is 4.84 Å². The molecule has 0 aliphatic carbocycles. The molecule has 0 atom stereocenters. The Labute approximate surface area is 78.8 Å². The third kappa shape index (κ3) is 1.03. The van der Waals surface area contributed by atoms with E-state index in [0.717, 1.165) is 12.1 Å². The van der Waals surface area contributed by atoms with Gasteiger partial charge in [-0.1, -0.05) is 0 Å². The summed E-state index contributed by atoms with van der Waals surface area (Å²) in [4.78, 5) is 27.4. The summed E-state index contributed by atoms with van der Waals surface area (Å²) < 4.78 is 12.8. The van der Waals surface area contributed by atoms with Crippen molar-refractivity contribution in [3.63, 3.8) is 0 Å². The number of hydrogen-bond donors (Lipinski definition) is 0. The summed E-state index contributed by atoms with van der Waals surface area (Å²) in [7, 11) is 1.21. The zero-order valence-corrected chi connectivity index (χ0v) is 7.28. The van der Waals surface area contributed by atoms with Gasteiger partial charge in [-0.2, -0.15) is 0 Å². The van der Waals surface area contributed by atoms with Crippen molar-refractivity contribution in [2.75, 3.05) is 7.11 Å². The largest absolute Gasteiger partial charge is 0.285 e. The van der Waals surface area contributed by atoms with Crippen LogP contribution in [0, 0.1) is 5.82 Å². The van der Waals surface area contributed by atoms with Crippen LogP contribution >= 0.6 is 0 Å². The van der Waals surface area contributed by atoms with Gasteiger partial charge in [0.15, 0.2) is 0 Å². The molecule has 0 aromatic heterocycles. The van der Waals surface area contributed by atoms with E-state index in [1.807, 2.05) is 0 Å². The Bertz CT molecular complexity index is 430. The average molecular weight is 195 g/mol. The molecule has 1 aromatic rings. The lowest BCUT2D eigenvalue weighted by molar-refractivity contribution is -0.0645. The highest BCUT2D eigenvalue weighted by atomic mass is 19.1. The first-order valence-electron chi connectivity index (χ1n) is 3.87. The maximum absolute atomic E-state index is 12.8. The Balaban J connectivity index is 2.58. The topological polar surface area (TPSA) is 46.6 Å². The zero-order chi connectivity index (χ0) is 10.3. The smallest absolute Gasteiger partial charge is 0.266 e. The lowest BCUT2D eigenvalue weighted by Gasteiger charge is -2.07. The number of hydrogen-bond acceptors (Lipinski definition) is 3. The molecule has 0 saturated carbocycles. The molecule has 4 nitrogen and oxygen atoms in total. The highest BCUT2D eigenvalue weighted by Gasteiger charge is 2.36. The number of carbonyl (C=O) groups excluding carboxylic acids is 2. The van der Waals surface area contributed by atoms with Gasteiger partial charge in [-0.05, 0) is 18.2 Å². The van der Waals surface area contributed by atoms with Crippen molar-refractivity contribution in [2.24, 2.45) is 0 Å². The van der Waals surface area contributed by atoms with Crippen LogP contribution in [0.4, 0.5) is 4.39 Å². The van der Waals surface area contributed by atoms with E-state index in [0.29, 0.717) is 5.06 Å². The zero-order valence-electron chi connectivity index (χ0n) is 7.28. The predicted molar refractivity (Wildman–Crippen MR) is 43.9 cm³/mol. The molecule has 0 N–H and O–H groups in total. The quantitative estimate of drug-likeness (QED) is 0.627. The van der Waals surface area contributed by atoms with Crippen molar-refractivity contribution in [1.29, 1.82) is 0 Å². The molecular weight excluding hydrogens is 189 g/mol. The summed E-state index contributed by atoms with van der Waals surface area (Å²) in [6.07, 6.45) is 0. The van der Waals surface area contributed by atoms with Gasteiger partial charge in [-0.25, -0.2) is 4.39 Å². The predicted octanol–water partition coefficient (Wildman–Crippen LogP) is 0.983. The third-order valence-corrected chi connectivity index (χ3v) is 1.99. The minimum atomic E-state index is -0.632. The van der Waals surface area contributed by atoms with Crippen molar-refractivity contribution in [2.45, 2.75) is 0 Å². The Hall–Kier alpha value is -1.75. The highest BCUT2D eigenvalue weighted by molar-refractivity contribution is 6.20. The maximum Gasteiger partial charge on any atom is 0.285 e. The molecule has 2 rings (SSSR count). The Kier molecular flexibility index (Phi) is 1.82. The molecule has 0 unspecified atom stereocenters. The average Bonchev–Trinajstić information content (AvgIpc) is 2.39. The minimum absolute atomic E-state index is 0.0388. The van der Waals surface area contributed by atoms with Crippen LogP contribution in [0.1, 0.15) is 20.7 Å². The van der Waals surface area contributed by atoms with Crippen LogP contribution in [-0.4, -0.2) is 24.0 Å². The number of fused-ring (bicyclic) bond motifs is 1. The number of hydroxylamine groups is 2. The fourth-order valence-electron chi connectivity index (χ4n) is 1.36. The van der Waals surface area contributed by atoms with E-state index >= 15 is 0 Å². The van der Waals surface area contributed by atoms with Gasteiger partial charge < -0.3 is 0 Å². The summed E-state index contributed by atoms with van der Waals surface area (Å²) in [5, 5.41) is 0.601. The van der Waals surface area contributed by atoms with E-state index in [4.69, 9.17) is 0 Å². The van der Waals surface area contributed by atoms with Gasteiger partial charge >= 0.3 is 0 Å². The van der Waals surface area contributed by atoms with Gasteiger partial charge in [0.05, 0.1) is 18.2 Å². The van der Waals surface area contributed by atoms with E-state index in [-0.39, 0.29) is 11.1 Å². The van der Waals surface area contributed by atoms with Crippen molar-refractivity contribution < 1.29 is 18.8 Å². The molecule has 1 heterocycles. The van der Waals surface area contributed by atoms with Crippen LogP contribution in [0.25, 0.3) is 0 Å². The van der Waals surface area contributed by atoms with Gasteiger partial charge in [0.2, 0.25) is 0 Å². The van der Waals surface area contributed by atoms with E-state index in [1.165, 1.54) is 13.2 Å². The molecule has 72 valence electrons. The van der Waals surface area contributed by atoms with Gasteiger partial charge in [0, 0.05) is 0 Å². The van der Waals surface area contributed by atoms with Gasteiger partial charge in [0.25, 0.3) is 11.8 Å². The number of carbonyl (C=O) groups is 2. The van der Waals surface area contributed by atoms with E-state index in [1.54, 1.807) is 0 Å². The number of benzene rings is 1. The van der Waals surface area contributed by atoms with E-state index < -0.39 is 17.6 Å². The number of imide groups is 1. The van der Waals surface area contributed by atoms with E-state index in [9.17, 15) is 14.0 Å². The fraction of sp³-hybridized carbons (Fsp3) is 0.111. The van der Waals surface area contributed by atoms with Crippen molar-refractivity contribution in [3.05, 3.63) is 35.1 Å². The summed E-state index contributed by atoms with van der Waals surface area (Å²) in [6, 6.07) is 3.42. The Morgan fingerprint density at radius 1 is 1.21 bits per heavy atom. The SMILES string of the molecule is CON1C(=O)c2ccc(F)cc2C1=O. The summed E-state index contributed by atoms with van der Waals surface area (Å²) in [5.41, 5.74) is 0.204. The minimum Gasteiger partial charge on any atom is -0.266 e. The first-order chi connectivity index (χ1) is 6.65. The molecule has 5 heteroatoms. The summed E-state index contributed by atoms with van der Waals surface area (Å²) >= 11 is 0. The molecule has 0 radical (unpaired) electrons. The van der Waals surface area contributed by atoms with Crippen LogP contribution in [0.2, 0.25) is 0 Å². The lowest BCUT2D eigenvalue weighted by Crippen LogP contribution is -2.28. The molecule has 1 aromatic carbocycles. The molecule has 0 spiro atoms. The molecule has 2 amide bonds.